The van der Waals surface area contributed by atoms with E-state index < -0.39 is 17.8 Å². The number of hydrogen-bond acceptors (Lipinski definition) is 8. The topological polar surface area (TPSA) is 105 Å². The summed E-state index contributed by atoms with van der Waals surface area (Å²) in [6, 6.07) is 4.53. The van der Waals surface area contributed by atoms with Crippen LogP contribution >= 0.6 is 0 Å². The van der Waals surface area contributed by atoms with Crippen LogP contribution < -0.4 is 9.47 Å². The molecule has 0 spiro atoms. The fraction of sp³-hybridized carbons (Fsp3) is 0.700. The highest BCUT2D eigenvalue weighted by molar-refractivity contribution is 5.94. The number of carbonyl (C=O) groups excluding carboxylic acids is 4. The minimum Gasteiger partial charge on any atom is -0.462 e. The first-order valence-electron chi connectivity index (χ1n) is 19.0. The number of halogens is 1. The summed E-state index contributed by atoms with van der Waals surface area (Å²) in [4.78, 5) is 50.8. The van der Waals surface area contributed by atoms with Crippen LogP contribution in [0.15, 0.2) is 30.6 Å². The van der Waals surface area contributed by atoms with Crippen molar-refractivity contribution >= 4 is 23.9 Å². The van der Waals surface area contributed by atoms with E-state index in [-0.39, 0.29) is 54.1 Å². The normalized spacial score (nSPS) is 20.6. The molecular weight excluding hydrogens is 627 g/mol. The standard InChI is InChI=1S/C40H59FO8/c1-4-6-10-14-30-16-20-32(21-17-30)38(43)48-34-24-25-36(49-39(44)33-22-18-31(19-23-33)15-11-7-5-2)35(28-34)40(45)47-27-13-9-8-12-26-46-37(42)29(3)41/h24-25,28,30-33H,3-23,26-27H2,1-2H3. The zero-order chi connectivity index (χ0) is 35.4. The third-order valence-electron chi connectivity index (χ3n) is 10.1. The van der Waals surface area contributed by atoms with E-state index in [9.17, 15) is 23.6 Å². The van der Waals surface area contributed by atoms with Crippen LogP contribution in [0.25, 0.3) is 0 Å². The second kappa shape index (κ2) is 22.5. The Bertz CT molecular complexity index is 1200. The third kappa shape index (κ3) is 14.6. The van der Waals surface area contributed by atoms with Gasteiger partial charge >= 0.3 is 23.9 Å². The largest absolute Gasteiger partial charge is 0.462 e. The molecule has 0 amide bonds. The van der Waals surface area contributed by atoms with E-state index in [1.165, 1.54) is 63.5 Å². The molecule has 2 fully saturated rings. The Morgan fingerprint density at radius 2 is 1.18 bits per heavy atom. The van der Waals surface area contributed by atoms with Gasteiger partial charge < -0.3 is 18.9 Å². The Balaban J connectivity index is 1.57. The third-order valence-corrected chi connectivity index (χ3v) is 10.1. The molecule has 274 valence electrons. The van der Waals surface area contributed by atoms with Gasteiger partial charge in [0.1, 0.15) is 17.1 Å². The molecule has 0 aliphatic heterocycles. The van der Waals surface area contributed by atoms with Crippen LogP contribution in [0, 0.1) is 23.7 Å². The van der Waals surface area contributed by atoms with Gasteiger partial charge in [-0.3, -0.25) is 9.59 Å². The number of esters is 4. The van der Waals surface area contributed by atoms with Gasteiger partial charge in [0.15, 0.2) is 0 Å². The van der Waals surface area contributed by atoms with Crippen molar-refractivity contribution in [3.63, 3.8) is 0 Å². The molecule has 1 aromatic carbocycles. The van der Waals surface area contributed by atoms with Crippen LogP contribution in [-0.2, 0) is 23.9 Å². The van der Waals surface area contributed by atoms with E-state index in [0.717, 1.165) is 51.4 Å². The van der Waals surface area contributed by atoms with Gasteiger partial charge in [-0.2, -0.15) is 4.39 Å². The molecule has 0 unspecified atom stereocenters. The fourth-order valence-electron chi connectivity index (χ4n) is 7.00. The Labute approximate surface area is 292 Å². The average molecular weight is 687 g/mol. The summed E-state index contributed by atoms with van der Waals surface area (Å²) in [5.41, 5.74) is 0.0462. The van der Waals surface area contributed by atoms with Crippen LogP contribution in [0.4, 0.5) is 4.39 Å². The van der Waals surface area contributed by atoms with Crippen molar-refractivity contribution in [3.05, 3.63) is 36.2 Å². The quantitative estimate of drug-likeness (QED) is 0.0545. The molecule has 0 bridgehead atoms. The summed E-state index contributed by atoms with van der Waals surface area (Å²) in [5.74, 6) is -2.24. The van der Waals surface area contributed by atoms with Gasteiger partial charge in [-0.15, -0.1) is 0 Å². The number of ether oxygens (including phenoxy) is 4. The molecule has 0 heterocycles. The molecular formula is C40H59FO8. The van der Waals surface area contributed by atoms with Gasteiger partial charge in [-0.1, -0.05) is 71.8 Å². The van der Waals surface area contributed by atoms with Gasteiger partial charge in [-0.25, -0.2) is 9.59 Å². The second-order valence-corrected chi connectivity index (χ2v) is 14.0. The molecule has 2 aliphatic carbocycles. The Kier molecular flexibility index (Phi) is 18.4. The van der Waals surface area contributed by atoms with Gasteiger partial charge in [0.25, 0.3) is 0 Å². The summed E-state index contributed by atoms with van der Waals surface area (Å²) < 4.78 is 34.6. The molecule has 9 heteroatoms. The van der Waals surface area contributed by atoms with Gasteiger partial charge in [0, 0.05) is 0 Å². The molecule has 0 saturated heterocycles. The van der Waals surface area contributed by atoms with E-state index in [1.54, 1.807) is 6.07 Å². The fourth-order valence-corrected chi connectivity index (χ4v) is 7.00. The van der Waals surface area contributed by atoms with Crippen LogP contribution in [0.3, 0.4) is 0 Å². The molecule has 0 aromatic heterocycles. The molecule has 8 nitrogen and oxygen atoms in total. The molecule has 2 aliphatic rings. The highest BCUT2D eigenvalue weighted by Crippen LogP contribution is 2.36. The first-order chi connectivity index (χ1) is 23.7. The minimum absolute atomic E-state index is 0.0462. The first-order valence-corrected chi connectivity index (χ1v) is 19.0. The Morgan fingerprint density at radius 1 is 0.673 bits per heavy atom. The molecule has 1 aromatic rings. The highest BCUT2D eigenvalue weighted by Gasteiger charge is 2.30. The summed E-state index contributed by atoms with van der Waals surface area (Å²) in [7, 11) is 0. The molecule has 49 heavy (non-hydrogen) atoms. The lowest BCUT2D eigenvalue weighted by molar-refractivity contribution is -0.141. The lowest BCUT2D eigenvalue weighted by Gasteiger charge is -2.27. The SMILES string of the molecule is C=C(F)C(=O)OCCCCCCOC(=O)c1cc(OC(=O)C2CCC(CCCCC)CC2)ccc1OC(=O)C1CCC(CCCCC)CC1. The van der Waals surface area contributed by atoms with Crippen molar-refractivity contribution in [3.8, 4) is 11.5 Å². The van der Waals surface area contributed by atoms with E-state index in [2.05, 4.69) is 20.4 Å². The maximum Gasteiger partial charge on any atom is 0.366 e. The number of unbranched alkanes of at least 4 members (excludes halogenated alkanes) is 7. The smallest absolute Gasteiger partial charge is 0.366 e. The van der Waals surface area contributed by atoms with E-state index in [4.69, 9.17) is 18.9 Å². The number of rotatable bonds is 21. The molecule has 0 atom stereocenters. The molecule has 0 N–H and O–H groups in total. The van der Waals surface area contributed by atoms with Crippen LogP contribution in [0.1, 0.15) is 153 Å². The average Bonchev–Trinajstić information content (AvgIpc) is 3.10. The van der Waals surface area contributed by atoms with Gasteiger partial charge in [0.05, 0.1) is 25.0 Å². The van der Waals surface area contributed by atoms with Crippen molar-refractivity contribution in [2.75, 3.05) is 13.2 Å². The monoisotopic (exact) mass is 686 g/mol. The number of benzene rings is 1. The number of carbonyl (C=O) groups is 4. The molecule has 2 saturated carbocycles. The van der Waals surface area contributed by atoms with E-state index in [0.29, 0.717) is 37.5 Å². The van der Waals surface area contributed by atoms with Crippen LogP contribution in [-0.4, -0.2) is 37.1 Å². The zero-order valence-corrected chi connectivity index (χ0v) is 29.9. The summed E-state index contributed by atoms with van der Waals surface area (Å²) in [5, 5.41) is 0. The maximum absolute atomic E-state index is 13.3. The first kappa shape index (κ1) is 40.2. The Morgan fingerprint density at radius 3 is 1.69 bits per heavy atom. The van der Waals surface area contributed by atoms with Gasteiger partial charge in [0.2, 0.25) is 5.83 Å². The number of hydrogen-bond donors (Lipinski definition) is 0. The summed E-state index contributed by atoms with van der Waals surface area (Å²) in [6.07, 6.45) is 19.5. The highest BCUT2D eigenvalue weighted by atomic mass is 19.1. The molecule has 0 radical (unpaired) electrons. The lowest BCUT2D eigenvalue weighted by atomic mass is 9.80. The summed E-state index contributed by atoms with van der Waals surface area (Å²) >= 11 is 0. The minimum atomic E-state index is -1.12. The summed E-state index contributed by atoms with van der Waals surface area (Å²) in [6.45, 7) is 7.53. The van der Waals surface area contributed by atoms with Crippen molar-refractivity contribution in [1.82, 2.24) is 0 Å². The lowest BCUT2D eigenvalue weighted by Crippen LogP contribution is -2.27. The van der Waals surface area contributed by atoms with E-state index >= 15 is 0 Å². The van der Waals surface area contributed by atoms with Crippen LogP contribution in [0.2, 0.25) is 0 Å². The maximum atomic E-state index is 13.3. The van der Waals surface area contributed by atoms with Crippen molar-refractivity contribution < 1.29 is 42.5 Å². The Hall–Kier alpha value is -3.23. The second-order valence-electron chi connectivity index (χ2n) is 14.0. The predicted molar refractivity (Wildman–Crippen MR) is 187 cm³/mol. The van der Waals surface area contributed by atoms with Gasteiger partial charge in [-0.05, 0) is 107 Å². The van der Waals surface area contributed by atoms with Crippen molar-refractivity contribution in [1.29, 1.82) is 0 Å². The molecule has 3 rings (SSSR count). The van der Waals surface area contributed by atoms with E-state index in [1.807, 2.05) is 0 Å². The predicted octanol–water partition coefficient (Wildman–Crippen LogP) is 10.0. The zero-order valence-electron chi connectivity index (χ0n) is 29.9. The van der Waals surface area contributed by atoms with Crippen molar-refractivity contribution in [2.24, 2.45) is 23.7 Å². The van der Waals surface area contributed by atoms with Crippen LogP contribution in [0.5, 0.6) is 11.5 Å². The van der Waals surface area contributed by atoms with Crippen molar-refractivity contribution in [2.45, 2.75) is 142 Å².